The second-order valence-corrected chi connectivity index (χ2v) is 2.74. The van der Waals surface area contributed by atoms with Crippen LogP contribution in [0.1, 0.15) is 6.42 Å². The molecule has 0 spiro atoms. The molecule has 0 aliphatic heterocycles. The number of hydrogen-bond acceptors (Lipinski definition) is 3. The molecule has 0 aromatic heterocycles. The first kappa shape index (κ1) is 8.30. The van der Waals surface area contributed by atoms with Crippen molar-refractivity contribution in [3.63, 3.8) is 0 Å². The van der Waals surface area contributed by atoms with E-state index >= 15 is 0 Å². The van der Waals surface area contributed by atoms with E-state index in [2.05, 4.69) is 0 Å². The Morgan fingerprint density at radius 1 is 1.73 bits per heavy atom. The number of hydrogen-bond donors (Lipinski definition) is 2. The zero-order valence-corrected chi connectivity index (χ0v) is 6.38. The molecule has 0 fully saturated rings. The van der Waals surface area contributed by atoms with Crippen molar-refractivity contribution in [2.45, 2.75) is 12.0 Å². The molecule has 0 bridgehead atoms. The summed E-state index contributed by atoms with van der Waals surface area (Å²) in [4.78, 5) is 10.6. The lowest BCUT2D eigenvalue weighted by Gasteiger charge is -2.21. The smallest absolute Gasteiger partial charge is 0.257 e. The molecule has 1 aliphatic rings. The summed E-state index contributed by atoms with van der Waals surface area (Å²) in [6.07, 6.45) is 3.89. The van der Waals surface area contributed by atoms with Gasteiger partial charge in [-0.1, -0.05) is 6.08 Å². The van der Waals surface area contributed by atoms with Gasteiger partial charge in [-0.05, 0) is 23.8 Å². The maximum Gasteiger partial charge on any atom is 0.257 e. The van der Waals surface area contributed by atoms with Crippen LogP contribution in [-0.4, -0.2) is 21.1 Å². The fourth-order valence-electron chi connectivity index (χ4n) is 0.847. The van der Waals surface area contributed by atoms with Crippen LogP contribution in [0.3, 0.4) is 0 Å². The van der Waals surface area contributed by atoms with E-state index in [0.29, 0.717) is 0 Å². The lowest BCUT2D eigenvalue weighted by atomic mass is 9.96. The lowest BCUT2D eigenvalue weighted by molar-refractivity contribution is -0.124. The van der Waals surface area contributed by atoms with Crippen molar-refractivity contribution < 1.29 is 15.0 Å². The highest BCUT2D eigenvalue weighted by molar-refractivity contribution is 6.65. The van der Waals surface area contributed by atoms with E-state index < -0.39 is 10.8 Å². The van der Waals surface area contributed by atoms with Crippen LogP contribution in [0.4, 0.5) is 0 Å². The summed E-state index contributed by atoms with van der Waals surface area (Å²) in [7, 11) is 0. The van der Waals surface area contributed by atoms with Crippen LogP contribution < -0.4 is 0 Å². The molecule has 0 radical (unpaired) electrons. The molecule has 3 nitrogen and oxygen atoms in total. The zero-order chi connectivity index (χ0) is 8.48. The largest absolute Gasteiger partial charge is 0.512 e. The Morgan fingerprint density at radius 2 is 2.36 bits per heavy atom. The fraction of sp³-hybridized carbons (Fsp3) is 0.286. The predicted octanol–water partition coefficient (Wildman–Crippen LogP) is 0.885. The fourth-order valence-corrected chi connectivity index (χ4v) is 0.977. The first-order valence-electron chi connectivity index (χ1n) is 3.04. The number of aliphatic hydroxyl groups excluding tert-OH is 1. The number of halogens is 1. The highest BCUT2D eigenvalue weighted by Gasteiger charge is 2.34. The van der Waals surface area contributed by atoms with Crippen molar-refractivity contribution in [1.29, 1.82) is 0 Å². The van der Waals surface area contributed by atoms with Crippen LogP contribution in [0.2, 0.25) is 0 Å². The molecule has 2 N–H and O–H groups in total. The quantitative estimate of drug-likeness (QED) is 0.581. The van der Waals surface area contributed by atoms with Crippen molar-refractivity contribution in [3.8, 4) is 0 Å². The Hall–Kier alpha value is -0.800. The molecule has 0 aromatic carbocycles. The molecule has 60 valence electrons. The number of carbonyl (C=O) groups is 1. The molecule has 0 amide bonds. The lowest BCUT2D eigenvalue weighted by Crippen LogP contribution is -2.34. The minimum Gasteiger partial charge on any atom is -0.512 e. The SMILES string of the molecule is O=C(Cl)C1(O)C=CC=C(O)C1. The topological polar surface area (TPSA) is 57.5 Å². The molecule has 1 aliphatic carbocycles. The van der Waals surface area contributed by atoms with Gasteiger partial charge < -0.3 is 10.2 Å². The van der Waals surface area contributed by atoms with Gasteiger partial charge in [0.1, 0.15) is 0 Å². The molecule has 1 atom stereocenters. The predicted molar refractivity (Wildman–Crippen MR) is 40.3 cm³/mol. The molecule has 0 heterocycles. The van der Waals surface area contributed by atoms with Crippen LogP contribution in [0.25, 0.3) is 0 Å². The Balaban J connectivity index is 2.86. The highest BCUT2D eigenvalue weighted by atomic mass is 35.5. The van der Waals surface area contributed by atoms with Gasteiger partial charge in [0.25, 0.3) is 5.24 Å². The summed E-state index contributed by atoms with van der Waals surface area (Å²) in [5, 5.41) is 17.4. The third-order valence-corrected chi connectivity index (χ3v) is 1.78. The number of carbonyl (C=O) groups excluding carboxylic acids is 1. The van der Waals surface area contributed by atoms with Gasteiger partial charge in [-0.15, -0.1) is 0 Å². The van der Waals surface area contributed by atoms with Gasteiger partial charge in [-0.2, -0.15) is 0 Å². The number of rotatable bonds is 1. The second kappa shape index (κ2) is 2.68. The molecule has 11 heavy (non-hydrogen) atoms. The summed E-state index contributed by atoms with van der Waals surface area (Å²) >= 11 is 5.08. The molecule has 0 saturated heterocycles. The number of allylic oxidation sites excluding steroid dienone is 2. The summed E-state index contributed by atoms with van der Waals surface area (Å²) < 4.78 is 0. The van der Waals surface area contributed by atoms with Crippen LogP contribution in [0.5, 0.6) is 0 Å². The van der Waals surface area contributed by atoms with Crippen molar-refractivity contribution in [3.05, 3.63) is 24.0 Å². The summed E-state index contributed by atoms with van der Waals surface area (Å²) in [5.41, 5.74) is -1.72. The molecule has 0 saturated carbocycles. The van der Waals surface area contributed by atoms with Crippen LogP contribution in [-0.2, 0) is 4.79 Å². The van der Waals surface area contributed by atoms with E-state index in [4.69, 9.17) is 16.7 Å². The molecule has 0 aromatic rings. The van der Waals surface area contributed by atoms with E-state index in [1.807, 2.05) is 0 Å². The van der Waals surface area contributed by atoms with Gasteiger partial charge >= 0.3 is 0 Å². The monoisotopic (exact) mass is 174 g/mol. The molecule has 1 rings (SSSR count). The maximum atomic E-state index is 10.6. The van der Waals surface area contributed by atoms with Gasteiger partial charge in [-0.3, -0.25) is 4.79 Å². The van der Waals surface area contributed by atoms with Crippen molar-refractivity contribution in [1.82, 2.24) is 0 Å². The third-order valence-electron chi connectivity index (χ3n) is 1.45. The average molecular weight is 175 g/mol. The van der Waals surface area contributed by atoms with Crippen molar-refractivity contribution in [2.75, 3.05) is 0 Å². The molecular formula is C7H7ClO3. The Labute approximate surface area is 68.6 Å². The van der Waals surface area contributed by atoms with Gasteiger partial charge in [0.2, 0.25) is 0 Å². The normalized spacial score (nSPS) is 29.8. The Kier molecular flexibility index (Phi) is 2.02. The van der Waals surface area contributed by atoms with Crippen molar-refractivity contribution >= 4 is 16.8 Å². The highest BCUT2D eigenvalue weighted by Crippen LogP contribution is 2.23. The zero-order valence-electron chi connectivity index (χ0n) is 5.62. The van der Waals surface area contributed by atoms with E-state index in [-0.39, 0.29) is 12.2 Å². The summed E-state index contributed by atoms with van der Waals surface area (Å²) in [6.45, 7) is 0. The van der Waals surface area contributed by atoms with E-state index in [0.717, 1.165) is 0 Å². The van der Waals surface area contributed by atoms with Crippen LogP contribution in [0.15, 0.2) is 24.0 Å². The molecule has 1 unspecified atom stereocenters. The first-order chi connectivity index (χ1) is 5.04. The van der Waals surface area contributed by atoms with E-state index in [9.17, 15) is 9.90 Å². The summed E-state index contributed by atoms with van der Waals surface area (Å²) in [5.74, 6) is -0.0519. The standard InChI is InChI=1S/C7H7ClO3/c8-6(10)7(11)3-1-2-5(9)4-7/h1-3,9,11H,4H2. The average Bonchev–Trinajstić information content (AvgIpc) is 1.86. The Morgan fingerprint density at radius 3 is 2.73 bits per heavy atom. The van der Waals surface area contributed by atoms with Gasteiger partial charge in [0.15, 0.2) is 5.60 Å². The van der Waals surface area contributed by atoms with E-state index in [1.165, 1.54) is 18.2 Å². The van der Waals surface area contributed by atoms with E-state index in [1.54, 1.807) is 0 Å². The van der Waals surface area contributed by atoms with Crippen LogP contribution >= 0.6 is 11.6 Å². The minimum absolute atomic E-state index is 0.0519. The number of aliphatic hydroxyl groups is 2. The van der Waals surface area contributed by atoms with Gasteiger partial charge in [0, 0.05) is 6.42 Å². The minimum atomic E-state index is -1.72. The molecule has 4 heteroatoms. The second-order valence-electron chi connectivity index (χ2n) is 2.39. The molecular weight excluding hydrogens is 168 g/mol. The van der Waals surface area contributed by atoms with Gasteiger partial charge in [-0.25, -0.2) is 0 Å². The van der Waals surface area contributed by atoms with Crippen LogP contribution in [0, 0.1) is 0 Å². The third kappa shape index (κ3) is 1.61. The first-order valence-corrected chi connectivity index (χ1v) is 3.42. The summed E-state index contributed by atoms with van der Waals surface area (Å²) in [6, 6.07) is 0. The van der Waals surface area contributed by atoms with Crippen molar-refractivity contribution in [2.24, 2.45) is 0 Å². The maximum absolute atomic E-state index is 10.6. The Bertz CT molecular complexity index is 244. The van der Waals surface area contributed by atoms with Gasteiger partial charge in [0.05, 0.1) is 5.76 Å².